The maximum Gasteiger partial charge on any atom is 0.314 e. The van der Waals surface area contributed by atoms with E-state index in [4.69, 9.17) is 4.42 Å². The highest BCUT2D eigenvalue weighted by Gasteiger charge is 2.53. The minimum atomic E-state index is -2.86. The zero-order chi connectivity index (χ0) is 24.4. The van der Waals surface area contributed by atoms with Gasteiger partial charge in [0.15, 0.2) is 0 Å². The molecule has 1 aliphatic carbocycles. The van der Waals surface area contributed by atoms with Gasteiger partial charge in [-0.05, 0) is 37.1 Å². The van der Waals surface area contributed by atoms with Crippen LogP contribution < -0.4 is 4.90 Å². The van der Waals surface area contributed by atoms with Gasteiger partial charge in [0.05, 0.1) is 17.8 Å². The summed E-state index contributed by atoms with van der Waals surface area (Å²) in [6, 6.07) is 12.5. The van der Waals surface area contributed by atoms with Crippen molar-refractivity contribution < 1.29 is 22.4 Å². The molecule has 1 saturated carbocycles. The first-order valence-electron chi connectivity index (χ1n) is 11.8. The highest BCUT2D eigenvalue weighted by atomic mass is 19.3. The van der Waals surface area contributed by atoms with Gasteiger partial charge in [-0.15, -0.1) is 10.2 Å². The van der Waals surface area contributed by atoms with Crippen molar-refractivity contribution in [2.24, 2.45) is 0 Å². The van der Waals surface area contributed by atoms with Crippen LogP contribution in [0.2, 0.25) is 0 Å². The summed E-state index contributed by atoms with van der Waals surface area (Å²) in [4.78, 5) is 21.3. The molecule has 0 unspecified atom stereocenters. The Kier molecular flexibility index (Phi) is 6.55. The lowest BCUT2D eigenvalue weighted by molar-refractivity contribution is -0.146. The van der Waals surface area contributed by atoms with Crippen LogP contribution in [0.15, 0.2) is 53.1 Å². The summed E-state index contributed by atoms with van der Waals surface area (Å²) in [7, 11) is 0. The summed E-state index contributed by atoms with van der Waals surface area (Å²) in [6.45, 7) is 0.274. The van der Waals surface area contributed by atoms with E-state index in [2.05, 4.69) is 20.1 Å². The highest BCUT2D eigenvalue weighted by Crippen LogP contribution is 2.35. The number of alkyl halides is 3. The largest absolute Gasteiger partial charge is 0.415 e. The van der Waals surface area contributed by atoms with E-state index in [1.165, 1.54) is 17.5 Å². The van der Waals surface area contributed by atoms with Crippen LogP contribution >= 0.6 is 0 Å². The molecule has 2 aromatic heterocycles. The zero-order valence-corrected chi connectivity index (χ0v) is 19.1. The van der Waals surface area contributed by atoms with Crippen molar-refractivity contribution >= 4 is 11.6 Å². The van der Waals surface area contributed by atoms with E-state index in [1.54, 1.807) is 36.4 Å². The monoisotopic (exact) mass is 485 g/mol. The summed E-state index contributed by atoms with van der Waals surface area (Å²) < 4.78 is 46.1. The number of pyridine rings is 1. The fourth-order valence-electron chi connectivity index (χ4n) is 4.81. The molecule has 35 heavy (non-hydrogen) atoms. The van der Waals surface area contributed by atoms with Crippen LogP contribution in [0.1, 0.15) is 50.1 Å². The number of aromatic nitrogens is 3. The molecule has 5 rings (SSSR count). The Hall–Kier alpha value is -3.27. The number of benzene rings is 1. The van der Waals surface area contributed by atoms with Gasteiger partial charge in [-0.3, -0.25) is 14.7 Å². The Morgan fingerprint density at radius 1 is 1.09 bits per heavy atom. The third-order valence-electron chi connectivity index (χ3n) is 6.71. The molecule has 1 amide bonds. The maximum absolute atomic E-state index is 15.8. The molecule has 1 saturated heterocycles. The lowest BCUT2D eigenvalue weighted by atomic mass is 9.86. The van der Waals surface area contributed by atoms with E-state index in [-0.39, 0.29) is 25.5 Å². The number of amides is 1. The number of hydrogen-bond acceptors (Lipinski definition) is 6. The molecule has 10 heteroatoms. The average Bonchev–Trinajstić information content (AvgIpc) is 3.37. The van der Waals surface area contributed by atoms with Gasteiger partial charge in [-0.25, -0.2) is 4.39 Å². The smallest absolute Gasteiger partial charge is 0.314 e. The van der Waals surface area contributed by atoms with Gasteiger partial charge in [0.25, 0.3) is 11.8 Å². The number of carbonyl (C=O) groups excluding carboxylic acids is 1. The molecule has 0 atom stereocenters. The fraction of sp³-hybridized carbons (Fsp3) is 0.440. The molecule has 0 spiro atoms. The summed E-state index contributed by atoms with van der Waals surface area (Å²) in [5.41, 5.74) is -0.487. The number of nitrogens with zero attached hydrogens (tertiary/aromatic N) is 5. The zero-order valence-electron chi connectivity index (χ0n) is 19.1. The summed E-state index contributed by atoms with van der Waals surface area (Å²) in [5.74, 6) is -1.42. The summed E-state index contributed by atoms with van der Waals surface area (Å²) >= 11 is 0. The number of likely N-dealkylation sites (tertiary alicyclic amines) is 1. The van der Waals surface area contributed by atoms with Crippen molar-refractivity contribution in [1.82, 2.24) is 20.1 Å². The van der Waals surface area contributed by atoms with Gasteiger partial charge in [-0.1, -0.05) is 37.5 Å². The predicted molar refractivity (Wildman–Crippen MR) is 122 cm³/mol. The Morgan fingerprint density at radius 3 is 2.46 bits per heavy atom. The van der Waals surface area contributed by atoms with E-state index in [9.17, 15) is 13.6 Å². The first kappa shape index (κ1) is 23.5. The van der Waals surface area contributed by atoms with Gasteiger partial charge in [0.1, 0.15) is 0 Å². The predicted octanol–water partition coefficient (Wildman–Crippen LogP) is 4.96. The maximum atomic E-state index is 15.8. The van der Waals surface area contributed by atoms with Crippen molar-refractivity contribution in [3.05, 3.63) is 60.2 Å². The van der Waals surface area contributed by atoms with E-state index in [0.29, 0.717) is 23.0 Å². The molecule has 1 aromatic carbocycles. The molecular weight excluding hydrogens is 459 g/mol. The molecular formula is C25H26F3N5O2. The number of hydrogen-bond donors (Lipinski definition) is 0. The minimum Gasteiger partial charge on any atom is -0.415 e. The molecule has 7 nitrogen and oxygen atoms in total. The fourth-order valence-corrected chi connectivity index (χ4v) is 4.81. The summed E-state index contributed by atoms with van der Waals surface area (Å²) in [5, 5.41) is 6.93. The quantitative estimate of drug-likeness (QED) is 0.471. The van der Waals surface area contributed by atoms with Gasteiger partial charge in [0.2, 0.25) is 11.6 Å². The molecule has 0 N–H and O–H groups in total. The van der Waals surface area contributed by atoms with Crippen molar-refractivity contribution in [1.29, 1.82) is 0 Å². The van der Waals surface area contributed by atoms with E-state index in [0.717, 1.165) is 25.7 Å². The van der Waals surface area contributed by atoms with Gasteiger partial charge in [0, 0.05) is 31.0 Å². The Morgan fingerprint density at radius 2 is 1.83 bits per heavy atom. The van der Waals surface area contributed by atoms with Crippen molar-refractivity contribution in [2.45, 2.75) is 56.8 Å². The Labute approximate surface area is 201 Å². The first-order valence-corrected chi connectivity index (χ1v) is 11.8. The highest BCUT2D eigenvalue weighted by molar-refractivity contribution is 6.00. The number of para-hydroxylation sites is 1. The van der Waals surface area contributed by atoms with Crippen LogP contribution in [0.5, 0.6) is 0 Å². The third kappa shape index (κ3) is 4.93. The lowest BCUT2D eigenvalue weighted by Gasteiger charge is -2.49. The van der Waals surface area contributed by atoms with Gasteiger partial charge < -0.3 is 9.32 Å². The molecule has 3 aromatic rings. The molecule has 1 aliphatic heterocycles. The van der Waals surface area contributed by atoms with Crippen LogP contribution in [0, 0.1) is 0 Å². The standard InChI is InChI=1S/C25H26F3N5O2/c26-21(27)23-31-30-22(35-23)17-11-12-18(29-13-17)14-33(20-9-5-2-6-10-20)24(34)25(28)15-32(16-25)19-7-3-1-4-8-19/h2,5-6,9-13,19,21H,1,3-4,7-8,14-16H2. The topological polar surface area (TPSA) is 75.4 Å². The van der Waals surface area contributed by atoms with Crippen molar-refractivity contribution in [3.63, 3.8) is 0 Å². The molecule has 2 aliphatic rings. The lowest BCUT2D eigenvalue weighted by Crippen LogP contribution is -2.68. The molecule has 2 fully saturated rings. The van der Waals surface area contributed by atoms with Gasteiger partial charge in [-0.2, -0.15) is 8.78 Å². The first-order chi connectivity index (χ1) is 16.9. The summed E-state index contributed by atoms with van der Waals surface area (Å²) in [6.07, 6.45) is 4.19. The van der Waals surface area contributed by atoms with Crippen LogP contribution in [0.4, 0.5) is 18.9 Å². The van der Waals surface area contributed by atoms with Crippen LogP contribution in [-0.2, 0) is 11.3 Å². The second kappa shape index (κ2) is 9.77. The third-order valence-corrected chi connectivity index (χ3v) is 6.71. The number of carbonyl (C=O) groups is 1. The van der Waals surface area contributed by atoms with Crippen LogP contribution in [0.3, 0.4) is 0 Å². The SMILES string of the molecule is O=C(N(Cc1ccc(-c2nnc(C(F)F)o2)cn1)c1ccccc1)C1(F)CN(C2CCCCC2)C1. The normalized spacial score (nSPS) is 18.4. The average molecular weight is 486 g/mol. The van der Waals surface area contributed by atoms with E-state index in [1.807, 2.05) is 6.07 Å². The van der Waals surface area contributed by atoms with Crippen LogP contribution in [-0.4, -0.2) is 50.8 Å². The number of rotatable bonds is 7. The number of anilines is 1. The molecule has 3 heterocycles. The Balaban J connectivity index is 1.32. The van der Waals surface area contributed by atoms with Crippen molar-refractivity contribution in [3.8, 4) is 11.5 Å². The second-order valence-electron chi connectivity index (χ2n) is 9.17. The number of halogens is 3. The second-order valence-corrected chi connectivity index (χ2v) is 9.17. The Bertz CT molecular complexity index is 1140. The van der Waals surface area contributed by atoms with E-state index < -0.39 is 23.9 Å². The van der Waals surface area contributed by atoms with Gasteiger partial charge >= 0.3 is 6.43 Å². The molecule has 184 valence electrons. The van der Waals surface area contributed by atoms with Crippen LogP contribution in [0.25, 0.3) is 11.5 Å². The van der Waals surface area contributed by atoms with Crippen molar-refractivity contribution in [2.75, 3.05) is 18.0 Å². The minimum absolute atomic E-state index is 0.0599. The van der Waals surface area contributed by atoms with E-state index >= 15 is 4.39 Å². The molecule has 0 radical (unpaired) electrons. The molecule has 0 bridgehead atoms.